The maximum absolute atomic E-state index is 6.69. The van der Waals surface area contributed by atoms with Crippen molar-refractivity contribution in [2.45, 2.75) is 6.92 Å². The third-order valence-corrected chi connectivity index (χ3v) is 10.5. The van der Waals surface area contributed by atoms with Gasteiger partial charge < -0.3 is 19.4 Å². The van der Waals surface area contributed by atoms with Gasteiger partial charge in [-0.3, -0.25) is 0 Å². The number of anilines is 9. The van der Waals surface area contributed by atoms with Crippen molar-refractivity contribution >= 4 is 74.3 Å². The summed E-state index contributed by atoms with van der Waals surface area (Å²) in [5, 5.41) is 0. The van der Waals surface area contributed by atoms with Crippen LogP contribution in [0.4, 0.5) is 51.2 Å². The molecular weight excluding hydrogens is 657 g/mol. The fourth-order valence-electron chi connectivity index (χ4n) is 8.18. The fraction of sp³-hybridized carbons (Fsp3) is 0.0204. The summed E-state index contributed by atoms with van der Waals surface area (Å²) in [4.78, 5) is 7.08. The van der Waals surface area contributed by atoms with Crippen LogP contribution in [0.5, 0.6) is 11.5 Å². The molecule has 54 heavy (non-hydrogen) atoms. The third kappa shape index (κ3) is 5.41. The van der Waals surface area contributed by atoms with E-state index in [4.69, 9.17) is 4.74 Å². The Morgan fingerprint density at radius 2 is 0.889 bits per heavy atom. The zero-order chi connectivity index (χ0) is 36.0. The Bertz CT molecular complexity index is 2520. The molecule has 0 saturated carbocycles. The highest BCUT2D eigenvalue weighted by Gasteiger charge is 2.42. The van der Waals surface area contributed by atoms with Crippen molar-refractivity contribution in [2.75, 3.05) is 14.7 Å². The number of aryl methyl sites for hydroxylation is 1. The molecule has 0 unspecified atom stereocenters. The van der Waals surface area contributed by atoms with Gasteiger partial charge in [0, 0.05) is 51.2 Å². The van der Waals surface area contributed by atoms with Gasteiger partial charge in [0.15, 0.2) is 0 Å². The first kappa shape index (κ1) is 31.7. The molecule has 0 spiro atoms. The molecule has 8 aromatic rings. The maximum atomic E-state index is 6.69. The van der Waals surface area contributed by atoms with Crippen molar-refractivity contribution in [3.63, 3.8) is 0 Å². The highest BCUT2D eigenvalue weighted by molar-refractivity contribution is 6.99. The molecule has 256 valence electrons. The predicted molar refractivity (Wildman–Crippen MR) is 226 cm³/mol. The summed E-state index contributed by atoms with van der Waals surface area (Å²) >= 11 is 0. The average Bonchev–Trinajstić information content (AvgIpc) is 3.23. The summed E-state index contributed by atoms with van der Waals surface area (Å²) in [5.41, 5.74) is 14.7. The summed E-state index contributed by atoms with van der Waals surface area (Å²) in [7, 11) is 0. The van der Waals surface area contributed by atoms with Gasteiger partial charge in [-0.25, -0.2) is 0 Å². The van der Waals surface area contributed by atoms with Crippen LogP contribution >= 0.6 is 0 Å². The van der Waals surface area contributed by atoms with Gasteiger partial charge in [0.2, 0.25) is 0 Å². The van der Waals surface area contributed by atoms with E-state index in [1.165, 1.54) is 16.4 Å². The molecule has 0 radical (unpaired) electrons. The second-order valence-corrected chi connectivity index (χ2v) is 13.9. The van der Waals surface area contributed by atoms with E-state index in [9.17, 15) is 0 Å². The average molecular weight is 694 g/mol. The lowest BCUT2D eigenvalue weighted by Gasteiger charge is -2.41. The van der Waals surface area contributed by atoms with Gasteiger partial charge in [0.05, 0.1) is 0 Å². The zero-order valence-electron chi connectivity index (χ0n) is 29.9. The van der Waals surface area contributed by atoms with Crippen molar-refractivity contribution in [1.29, 1.82) is 0 Å². The van der Waals surface area contributed by atoms with Crippen LogP contribution in [-0.4, -0.2) is 6.71 Å². The Morgan fingerprint density at radius 3 is 1.46 bits per heavy atom. The molecule has 0 amide bonds. The van der Waals surface area contributed by atoms with Gasteiger partial charge in [0.1, 0.15) is 11.5 Å². The first-order chi connectivity index (χ1) is 26.7. The van der Waals surface area contributed by atoms with Crippen molar-refractivity contribution in [2.24, 2.45) is 0 Å². The molecule has 0 atom stereocenters. The number of hydrogen-bond donors (Lipinski definition) is 0. The third-order valence-electron chi connectivity index (χ3n) is 10.5. The van der Waals surface area contributed by atoms with Crippen LogP contribution < -0.4 is 35.8 Å². The van der Waals surface area contributed by atoms with E-state index < -0.39 is 0 Å². The van der Waals surface area contributed by atoms with Gasteiger partial charge in [-0.15, -0.1) is 0 Å². The predicted octanol–water partition coefficient (Wildman–Crippen LogP) is 11.3. The monoisotopic (exact) mass is 693 g/mol. The number of rotatable bonds is 7. The molecular formula is C49H36BN3O. The topological polar surface area (TPSA) is 19.0 Å². The molecule has 0 saturated heterocycles. The van der Waals surface area contributed by atoms with Crippen molar-refractivity contribution in [3.05, 3.63) is 206 Å². The minimum Gasteiger partial charge on any atom is -0.458 e. The van der Waals surface area contributed by atoms with Crippen LogP contribution in [0.3, 0.4) is 0 Å². The number of nitrogens with zero attached hydrogens (tertiary/aromatic N) is 3. The van der Waals surface area contributed by atoms with E-state index in [-0.39, 0.29) is 6.71 Å². The smallest absolute Gasteiger partial charge is 0.256 e. The Morgan fingerprint density at radius 1 is 0.407 bits per heavy atom. The SMILES string of the molecule is Cc1cc2c3c(c1)N(c1ccc(N(c4ccccc4)c4ccccc4)cc1)c1cc(N(c4ccccc4)c4ccccc4)ccc1B3c1ccccc1O2. The van der Waals surface area contributed by atoms with Crippen LogP contribution in [0.1, 0.15) is 5.56 Å². The summed E-state index contributed by atoms with van der Waals surface area (Å²) in [6, 6.07) is 71.3. The lowest BCUT2D eigenvalue weighted by Crippen LogP contribution is -2.59. The number of para-hydroxylation sites is 5. The highest BCUT2D eigenvalue weighted by atomic mass is 16.5. The maximum Gasteiger partial charge on any atom is 0.256 e. The van der Waals surface area contributed by atoms with E-state index in [0.29, 0.717) is 0 Å². The van der Waals surface area contributed by atoms with Gasteiger partial charge in [0.25, 0.3) is 6.71 Å². The summed E-state index contributed by atoms with van der Waals surface area (Å²) < 4.78 is 6.69. The highest BCUT2D eigenvalue weighted by Crippen LogP contribution is 2.45. The van der Waals surface area contributed by atoms with Crippen molar-refractivity contribution in [3.8, 4) is 11.5 Å². The van der Waals surface area contributed by atoms with Crippen LogP contribution in [0, 0.1) is 6.92 Å². The minimum absolute atomic E-state index is 0.0219. The fourth-order valence-corrected chi connectivity index (χ4v) is 8.18. The molecule has 0 fully saturated rings. The minimum atomic E-state index is 0.0219. The molecule has 5 heteroatoms. The number of ether oxygens (including phenoxy) is 1. The standard InChI is InChI=1S/C49H36BN3O/c1-35-32-46-49-48(33-35)54-47-25-15-14-24-44(47)50(49)43-31-30-42(52(38-20-10-4-11-21-38)39-22-12-5-13-23-39)34-45(43)53(46)41-28-26-40(27-29-41)51(36-16-6-2-7-17-36)37-18-8-3-9-19-37/h2-34H,1H3. The molecule has 0 N–H and O–H groups in total. The molecule has 0 bridgehead atoms. The van der Waals surface area contributed by atoms with Gasteiger partial charge in [-0.2, -0.15) is 0 Å². The largest absolute Gasteiger partial charge is 0.458 e. The van der Waals surface area contributed by atoms with Gasteiger partial charge >= 0.3 is 0 Å². The van der Waals surface area contributed by atoms with E-state index >= 15 is 0 Å². The molecule has 0 aromatic heterocycles. The second kappa shape index (κ2) is 13.2. The second-order valence-electron chi connectivity index (χ2n) is 13.9. The first-order valence-corrected chi connectivity index (χ1v) is 18.5. The number of fused-ring (bicyclic) bond motifs is 4. The van der Waals surface area contributed by atoms with Crippen LogP contribution in [0.15, 0.2) is 200 Å². The summed E-state index contributed by atoms with van der Waals surface area (Å²) in [6.07, 6.45) is 0. The van der Waals surface area contributed by atoms with Crippen LogP contribution in [-0.2, 0) is 0 Å². The number of hydrogen-bond acceptors (Lipinski definition) is 4. The quantitative estimate of drug-likeness (QED) is 0.155. The van der Waals surface area contributed by atoms with Crippen LogP contribution in [0.25, 0.3) is 0 Å². The lowest BCUT2D eigenvalue weighted by molar-refractivity contribution is 0.487. The summed E-state index contributed by atoms with van der Waals surface area (Å²) in [6.45, 7) is 2.18. The summed E-state index contributed by atoms with van der Waals surface area (Å²) in [5.74, 6) is 1.83. The Kier molecular flexibility index (Phi) is 7.77. The lowest BCUT2D eigenvalue weighted by atomic mass is 9.34. The Labute approximate surface area is 316 Å². The van der Waals surface area contributed by atoms with E-state index in [0.717, 1.165) is 68.2 Å². The van der Waals surface area contributed by atoms with Crippen molar-refractivity contribution < 1.29 is 4.74 Å². The zero-order valence-corrected chi connectivity index (χ0v) is 29.9. The molecule has 0 aliphatic carbocycles. The Hall–Kier alpha value is -6.98. The van der Waals surface area contributed by atoms with Crippen LogP contribution in [0.2, 0.25) is 0 Å². The number of benzene rings is 8. The Balaban J connectivity index is 1.18. The molecule has 2 aliphatic rings. The molecule has 2 aliphatic heterocycles. The van der Waals surface area contributed by atoms with Crippen molar-refractivity contribution in [1.82, 2.24) is 0 Å². The normalized spacial score (nSPS) is 12.2. The van der Waals surface area contributed by atoms with Gasteiger partial charge in [-0.1, -0.05) is 97.1 Å². The molecule has 8 aromatic carbocycles. The van der Waals surface area contributed by atoms with Gasteiger partial charge in [-0.05, 0) is 132 Å². The van der Waals surface area contributed by atoms with E-state index in [1.54, 1.807) is 0 Å². The first-order valence-electron chi connectivity index (χ1n) is 18.5. The molecule has 10 rings (SSSR count). The van der Waals surface area contributed by atoms with E-state index in [1.807, 2.05) is 0 Å². The molecule has 2 heterocycles. The molecule has 4 nitrogen and oxygen atoms in total. The van der Waals surface area contributed by atoms with E-state index in [2.05, 4.69) is 222 Å².